The number of nitrogens with zero attached hydrogens (tertiary/aromatic N) is 1. The number of hydrazone groups is 1. The number of hydrogen-bond donors (Lipinski definition) is 2. The van der Waals surface area contributed by atoms with Crippen molar-refractivity contribution in [3.8, 4) is 0 Å². The van der Waals surface area contributed by atoms with Crippen LogP contribution in [0.2, 0.25) is 0 Å². The highest BCUT2D eigenvalue weighted by Crippen LogP contribution is 2.40. The lowest BCUT2D eigenvalue weighted by molar-refractivity contribution is -0.177. The topological polar surface area (TPSA) is 105 Å². The van der Waals surface area contributed by atoms with Crippen LogP contribution < -0.4 is 5.43 Å². The molecular weight excluding hydrogens is 252 g/mol. The van der Waals surface area contributed by atoms with Crippen molar-refractivity contribution in [1.29, 1.82) is 0 Å². The third-order valence-corrected chi connectivity index (χ3v) is 4.00. The van der Waals surface area contributed by atoms with Gasteiger partial charge in [-0.1, -0.05) is 12.8 Å². The fourth-order valence-electron chi connectivity index (χ4n) is 2.40. The first kappa shape index (κ1) is 13.5. The molecule has 0 aromatic rings. The van der Waals surface area contributed by atoms with Crippen LogP contribution in [0.15, 0.2) is 5.10 Å². The van der Waals surface area contributed by atoms with Gasteiger partial charge < -0.3 is 9.84 Å². The summed E-state index contributed by atoms with van der Waals surface area (Å²) in [6, 6.07) is 0. The van der Waals surface area contributed by atoms with Crippen LogP contribution in [-0.2, 0) is 19.1 Å². The van der Waals surface area contributed by atoms with Gasteiger partial charge in [0.25, 0.3) is 5.91 Å². The van der Waals surface area contributed by atoms with Crippen molar-refractivity contribution in [1.82, 2.24) is 5.43 Å². The molecular formula is C12H16N2O5. The zero-order chi connectivity index (χ0) is 14.3. The Balaban J connectivity index is 2.23. The number of ether oxygens (including phenoxy) is 1. The lowest BCUT2D eigenvalue weighted by atomic mass is 9.86. The number of carbonyl (C=O) groups excluding carboxylic acids is 2. The van der Waals surface area contributed by atoms with Crippen molar-refractivity contribution in [3.63, 3.8) is 0 Å². The molecule has 0 aromatic carbocycles. The molecule has 0 spiro atoms. The van der Waals surface area contributed by atoms with Crippen LogP contribution in [0.25, 0.3) is 0 Å². The summed E-state index contributed by atoms with van der Waals surface area (Å²) in [5.74, 6) is -2.60. The second-order valence-corrected chi connectivity index (χ2v) is 5.16. The van der Waals surface area contributed by atoms with Crippen LogP contribution in [0.5, 0.6) is 0 Å². The number of carboxylic acid groups (broad SMARTS) is 1. The molecule has 1 aliphatic carbocycles. The second-order valence-electron chi connectivity index (χ2n) is 5.16. The number of amides is 1. The molecule has 2 rings (SSSR count). The van der Waals surface area contributed by atoms with Gasteiger partial charge in [0.05, 0.1) is 5.71 Å². The Bertz CT molecular complexity index is 479. The lowest BCUT2D eigenvalue weighted by Gasteiger charge is -2.28. The molecule has 1 aliphatic heterocycles. The number of carbonyl (C=O) groups is 3. The van der Waals surface area contributed by atoms with Crippen molar-refractivity contribution >= 4 is 23.6 Å². The van der Waals surface area contributed by atoms with Gasteiger partial charge in [-0.15, -0.1) is 0 Å². The summed E-state index contributed by atoms with van der Waals surface area (Å²) in [5.41, 5.74) is -0.502. The molecule has 1 heterocycles. The predicted molar refractivity (Wildman–Crippen MR) is 64.3 cm³/mol. The third kappa shape index (κ3) is 1.89. The summed E-state index contributed by atoms with van der Waals surface area (Å²) >= 11 is 0. The third-order valence-electron chi connectivity index (χ3n) is 4.00. The van der Waals surface area contributed by atoms with Crippen molar-refractivity contribution in [3.05, 3.63) is 0 Å². The number of aliphatic carboxylic acids is 1. The average molecular weight is 268 g/mol. The Hall–Kier alpha value is -1.92. The summed E-state index contributed by atoms with van der Waals surface area (Å²) in [5, 5.41) is 13.0. The maximum absolute atomic E-state index is 12.2. The maximum Gasteiger partial charge on any atom is 0.324 e. The highest BCUT2D eigenvalue weighted by atomic mass is 16.6. The SMILES string of the molecule is CC1=NNC(=O)C1(C)OC(=O)C1(C(=O)O)CCCC1. The van der Waals surface area contributed by atoms with E-state index in [9.17, 15) is 19.5 Å². The molecule has 1 fully saturated rings. The van der Waals surface area contributed by atoms with Gasteiger partial charge in [0, 0.05) is 0 Å². The Morgan fingerprint density at radius 1 is 1.37 bits per heavy atom. The van der Waals surface area contributed by atoms with Crippen LogP contribution in [0.1, 0.15) is 39.5 Å². The van der Waals surface area contributed by atoms with Crippen LogP contribution in [0.3, 0.4) is 0 Å². The first-order valence-electron chi connectivity index (χ1n) is 6.15. The van der Waals surface area contributed by atoms with E-state index in [1.807, 2.05) is 0 Å². The first-order chi connectivity index (χ1) is 8.83. The number of nitrogens with one attached hydrogen (secondary N) is 1. The van der Waals surface area contributed by atoms with Crippen molar-refractivity contribution in [2.24, 2.45) is 10.5 Å². The van der Waals surface area contributed by atoms with Crippen molar-refractivity contribution in [2.45, 2.75) is 45.1 Å². The van der Waals surface area contributed by atoms with Crippen molar-refractivity contribution in [2.75, 3.05) is 0 Å². The van der Waals surface area contributed by atoms with E-state index in [1.165, 1.54) is 6.92 Å². The van der Waals surface area contributed by atoms with Crippen LogP contribution in [0.4, 0.5) is 0 Å². The summed E-state index contributed by atoms with van der Waals surface area (Å²) in [7, 11) is 0. The number of rotatable bonds is 3. The number of carboxylic acids is 1. The molecule has 1 saturated carbocycles. The molecule has 0 radical (unpaired) electrons. The minimum absolute atomic E-state index is 0.245. The minimum Gasteiger partial charge on any atom is -0.480 e. The fourth-order valence-corrected chi connectivity index (χ4v) is 2.40. The van der Waals surface area contributed by atoms with Gasteiger partial charge in [-0.25, -0.2) is 5.43 Å². The molecule has 1 amide bonds. The van der Waals surface area contributed by atoms with Crippen LogP contribution in [-0.4, -0.2) is 34.3 Å². The molecule has 2 N–H and O–H groups in total. The monoisotopic (exact) mass is 268 g/mol. The largest absolute Gasteiger partial charge is 0.480 e. The van der Waals surface area contributed by atoms with Gasteiger partial charge in [0.1, 0.15) is 0 Å². The smallest absolute Gasteiger partial charge is 0.324 e. The van der Waals surface area contributed by atoms with Gasteiger partial charge in [-0.05, 0) is 26.7 Å². The highest BCUT2D eigenvalue weighted by molar-refractivity contribution is 6.16. The van der Waals surface area contributed by atoms with E-state index in [4.69, 9.17) is 4.74 Å². The summed E-state index contributed by atoms with van der Waals surface area (Å²) < 4.78 is 5.21. The summed E-state index contributed by atoms with van der Waals surface area (Å²) in [6.07, 6.45) is 1.82. The molecule has 0 aromatic heterocycles. The Morgan fingerprint density at radius 2 is 1.95 bits per heavy atom. The molecule has 0 saturated heterocycles. The van der Waals surface area contributed by atoms with Crippen molar-refractivity contribution < 1.29 is 24.2 Å². The van der Waals surface area contributed by atoms with Gasteiger partial charge >= 0.3 is 11.9 Å². The molecule has 7 nitrogen and oxygen atoms in total. The second kappa shape index (κ2) is 4.32. The molecule has 0 bridgehead atoms. The van der Waals surface area contributed by atoms with Crippen LogP contribution in [0, 0.1) is 5.41 Å². The Kier molecular flexibility index (Phi) is 3.07. The Morgan fingerprint density at radius 3 is 2.37 bits per heavy atom. The van der Waals surface area contributed by atoms with Gasteiger partial charge in [0.2, 0.25) is 5.60 Å². The van der Waals surface area contributed by atoms with E-state index in [1.54, 1.807) is 6.92 Å². The van der Waals surface area contributed by atoms with E-state index >= 15 is 0 Å². The van der Waals surface area contributed by atoms with E-state index in [2.05, 4.69) is 10.5 Å². The zero-order valence-corrected chi connectivity index (χ0v) is 10.9. The lowest BCUT2D eigenvalue weighted by Crippen LogP contribution is -2.50. The molecule has 7 heteroatoms. The zero-order valence-electron chi connectivity index (χ0n) is 10.9. The average Bonchev–Trinajstić information content (AvgIpc) is 2.92. The number of esters is 1. The highest BCUT2D eigenvalue weighted by Gasteiger charge is 2.54. The fraction of sp³-hybridized carbons (Fsp3) is 0.667. The number of hydrogen-bond acceptors (Lipinski definition) is 5. The molecule has 19 heavy (non-hydrogen) atoms. The normalized spacial score (nSPS) is 28.7. The molecule has 1 atom stereocenters. The minimum atomic E-state index is -1.52. The van der Waals surface area contributed by atoms with E-state index < -0.39 is 28.9 Å². The van der Waals surface area contributed by atoms with E-state index in [0.29, 0.717) is 18.6 Å². The molecule has 1 unspecified atom stereocenters. The molecule has 104 valence electrons. The molecule has 2 aliphatic rings. The summed E-state index contributed by atoms with van der Waals surface area (Å²) in [6.45, 7) is 2.96. The predicted octanol–water partition coefficient (Wildman–Crippen LogP) is 0.439. The maximum atomic E-state index is 12.2. The first-order valence-corrected chi connectivity index (χ1v) is 6.15. The van der Waals surface area contributed by atoms with Gasteiger partial charge in [-0.3, -0.25) is 14.4 Å². The Labute approximate surface area is 110 Å². The van der Waals surface area contributed by atoms with Gasteiger partial charge in [0.15, 0.2) is 5.41 Å². The van der Waals surface area contributed by atoms with E-state index in [0.717, 1.165) is 0 Å². The standard InChI is InChI=1S/C12H16N2O5/c1-7-11(2,8(15)14-13-7)19-10(18)12(9(16)17)5-3-4-6-12/h3-6H2,1-2H3,(H,14,15)(H,16,17). The quantitative estimate of drug-likeness (QED) is 0.570. The van der Waals surface area contributed by atoms with Gasteiger partial charge in [-0.2, -0.15) is 5.10 Å². The van der Waals surface area contributed by atoms with E-state index in [-0.39, 0.29) is 12.8 Å². The summed E-state index contributed by atoms with van der Waals surface area (Å²) in [4.78, 5) is 35.3. The van der Waals surface area contributed by atoms with Crippen LogP contribution >= 0.6 is 0 Å².